The molecule has 0 saturated heterocycles. The first-order chi connectivity index (χ1) is 5.81. The van der Waals surface area contributed by atoms with E-state index in [1.54, 1.807) is 0 Å². The summed E-state index contributed by atoms with van der Waals surface area (Å²) in [6.45, 7) is 6.37. The summed E-state index contributed by atoms with van der Waals surface area (Å²) in [5, 5.41) is 9.30. The zero-order chi connectivity index (χ0) is 10.1. The number of alkyl halides is 1. The van der Waals surface area contributed by atoms with Crippen LogP contribution in [-0.4, -0.2) is 15.9 Å². The largest absolute Gasteiger partial charge is 0.481 e. The number of carboxylic acids is 1. The van der Waals surface area contributed by atoms with E-state index >= 15 is 0 Å². The van der Waals surface area contributed by atoms with E-state index in [0.717, 1.165) is 12.8 Å². The van der Waals surface area contributed by atoms with Crippen molar-refractivity contribution in [1.82, 2.24) is 0 Å². The molecule has 3 rings (SSSR count). The van der Waals surface area contributed by atoms with E-state index in [-0.39, 0.29) is 15.7 Å². The fourth-order valence-corrected chi connectivity index (χ4v) is 5.23. The van der Waals surface area contributed by atoms with Crippen molar-refractivity contribution in [3.05, 3.63) is 0 Å². The van der Waals surface area contributed by atoms with E-state index in [1.165, 1.54) is 0 Å². The van der Waals surface area contributed by atoms with Gasteiger partial charge in [-0.2, -0.15) is 0 Å². The molecule has 2 bridgehead atoms. The summed E-state index contributed by atoms with van der Waals surface area (Å²) < 4.78 is 0. The smallest absolute Gasteiger partial charge is 0.311 e. The van der Waals surface area contributed by atoms with Crippen molar-refractivity contribution >= 4 is 21.9 Å². The quantitative estimate of drug-likeness (QED) is 0.723. The number of carbonyl (C=O) groups is 1. The average molecular weight is 247 g/mol. The molecule has 3 heteroatoms. The minimum atomic E-state index is -0.630. The summed E-state index contributed by atoms with van der Waals surface area (Å²) in [7, 11) is 0. The number of halogens is 1. The van der Waals surface area contributed by atoms with Gasteiger partial charge in [-0.3, -0.25) is 4.79 Å². The van der Waals surface area contributed by atoms with Crippen LogP contribution in [0.1, 0.15) is 33.6 Å². The van der Waals surface area contributed by atoms with Crippen LogP contribution in [0.4, 0.5) is 0 Å². The second-order valence-electron chi connectivity index (χ2n) is 5.18. The lowest BCUT2D eigenvalue weighted by atomic mass is 9.44. The molecule has 74 valence electrons. The first kappa shape index (κ1) is 9.50. The van der Waals surface area contributed by atoms with E-state index in [0.29, 0.717) is 0 Å². The fraction of sp³-hybridized carbons (Fsp3) is 0.900. The van der Waals surface area contributed by atoms with E-state index in [2.05, 4.69) is 36.7 Å². The molecule has 3 aliphatic rings. The molecule has 0 aromatic heterocycles. The van der Waals surface area contributed by atoms with E-state index < -0.39 is 11.4 Å². The fourth-order valence-electron chi connectivity index (χ4n) is 3.43. The highest BCUT2D eigenvalue weighted by Gasteiger charge is 2.80. The molecule has 3 unspecified atom stereocenters. The topological polar surface area (TPSA) is 37.3 Å². The predicted molar refractivity (Wildman–Crippen MR) is 53.9 cm³/mol. The Morgan fingerprint density at radius 2 is 1.92 bits per heavy atom. The summed E-state index contributed by atoms with van der Waals surface area (Å²) >= 11 is 3.56. The van der Waals surface area contributed by atoms with E-state index in [1.807, 2.05) is 0 Å². The van der Waals surface area contributed by atoms with Gasteiger partial charge < -0.3 is 5.11 Å². The molecule has 3 atom stereocenters. The molecule has 0 amide bonds. The molecular formula is C10H15BrO2. The minimum absolute atomic E-state index is 0.0694. The van der Waals surface area contributed by atoms with E-state index in [4.69, 9.17) is 0 Å². The number of rotatable bonds is 1. The molecule has 0 aromatic carbocycles. The van der Waals surface area contributed by atoms with E-state index in [9.17, 15) is 9.90 Å². The molecule has 0 radical (unpaired) electrons. The molecule has 3 saturated carbocycles. The minimum Gasteiger partial charge on any atom is -0.481 e. The zero-order valence-electron chi connectivity index (χ0n) is 8.22. The average Bonchev–Trinajstić information content (AvgIpc) is 2.39. The van der Waals surface area contributed by atoms with Gasteiger partial charge in [-0.25, -0.2) is 0 Å². The van der Waals surface area contributed by atoms with Crippen LogP contribution in [0.5, 0.6) is 0 Å². The maximum Gasteiger partial charge on any atom is 0.311 e. The van der Waals surface area contributed by atoms with Gasteiger partial charge in [0.1, 0.15) is 0 Å². The monoisotopic (exact) mass is 246 g/mol. The van der Waals surface area contributed by atoms with Crippen molar-refractivity contribution < 1.29 is 9.90 Å². The van der Waals surface area contributed by atoms with Gasteiger partial charge in [0.25, 0.3) is 0 Å². The van der Waals surface area contributed by atoms with Gasteiger partial charge in [0.05, 0.1) is 5.41 Å². The molecule has 13 heavy (non-hydrogen) atoms. The molecule has 0 aromatic rings. The molecule has 2 nitrogen and oxygen atoms in total. The first-order valence-corrected chi connectivity index (χ1v) is 5.60. The normalized spacial score (nSPS) is 51.5. The molecule has 1 N–H and O–H groups in total. The first-order valence-electron chi connectivity index (χ1n) is 4.68. The summed E-state index contributed by atoms with van der Waals surface area (Å²) in [5.74, 6) is -0.630. The summed E-state index contributed by atoms with van der Waals surface area (Å²) in [6.07, 6.45) is 1.85. The molecule has 0 heterocycles. The highest BCUT2D eigenvalue weighted by atomic mass is 79.9. The Hall–Kier alpha value is -0.0500. The molecule has 0 spiro atoms. The van der Waals surface area contributed by atoms with Crippen LogP contribution in [0.3, 0.4) is 0 Å². The second kappa shape index (κ2) is 2.13. The molecule has 0 aliphatic heterocycles. The number of aliphatic carboxylic acids is 1. The standard InChI is InChI=1S/C10H15BrO2/c1-8(2)9(3)4-5-10(8,6(9)11)7(12)13/h6H,4-5H2,1-3H3,(H,12,13). The van der Waals surface area contributed by atoms with Gasteiger partial charge in [-0.15, -0.1) is 0 Å². The van der Waals surface area contributed by atoms with Crippen molar-refractivity contribution in [2.45, 2.75) is 38.4 Å². The van der Waals surface area contributed by atoms with Crippen LogP contribution in [-0.2, 0) is 4.79 Å². The number of hydrogen-bond acceptors (Lipinski definition) is 1. The van der Waals surface area contributed by atoms with Crippen LogP contribution >= 0.6 is 15.9 Å². The van der Waals surface area contributed by atoms with Crippen molar-refractivity contribution in [3.63, 3.8) is 0 Å². The predicted octanol–water partition coefficient (Wildman–Crippen LogP) is 2.66. The van der Waals surface area contributed by atoms with Gasteiger partial charge in [0.15, 0.2) is 0 Å². The maximum atomic E-state index is 11.3. The third-order valence-electron chi connectivity index (χ3n) is 4.96. The second-order valence-corrected chi connectivity index (χ2v) is 6.10. The molecular weight excluding hydrogens is 232 g/mol. The van der Waals surface area contributed by atoms with Gasteiger partial charge in [0, 0.05) is 4.83 Å². The summed E-state index contributed by atoms with van der Waals surface area (Å²) in [5.41, 5.74) is -0.410. The zero-order valence-corrected chi connectivity index (χ0v) is 9.81. The van der Waals surface area contributed by atoms with Crippen LogP contribution in [0.2, 0.25) is 0 Å². The van der Waals surface area contributed by atoms with Crippen LogP contribution in [0.25, 0.3) is 0 Å². The van der Waals surface area contributed by atoms with Crippen LogP contribution in [0, 0.1) is 16.2 Å². The summed E-state index contributed by atoms with van der Waals surface area (Å²) in [6, 6.07) is 0. The van der Waals surface area contributed by atoms with Gasteiger partial charge in [-0.1, -0.05) is 36.7 Å². The lowest BCUT2D eigenvalue weighted by Gasteiger charge is -2.63. The maximum absolute atomic E-state index is 11.3. The lowest BCUT2D eigenvalue weighted by Crippen LogP contribution is -2.67. The number of carboxylic acid groups (broad SMARTS) is 1. The SMILES string of the molecule is CC12CCC(C(=O)O)(C1Br)C2(C)C. The Morgan fingerprint density at radius 1 is 1.38 bits per heavy atom. The van der Waals surface area contributed by atoms with Crippen LogP contribution in [0.15, 0.2) is 0 Å². The van der Waals surface area contributed by atoms with Gasteiger partial charge in [-0.05, 0) is 23.7 Å². The lowest BCUT2D eigenvalue weighted by molar-refractivity contribution is -0.179. The highest BCUT2D eigenvalue weighted by molar-refractivity contribution is 9.09. The Morgan fingerprint density at radius 3 is 2.08 bits per heavy atom. The highest BCUT2D eigenvalue weighted by Crippen LogP contribution is 2.79. The molecule has 3 aliphatic carbocycles. The third-order valence-corrected chi connectivity index (χ3v) is 6.75. The molecule has 3 fully saturated rings. The number of hydrogen-bond donors (Lipinski definition) is 1. The van der Waals surface area contributed by atoms with Crippen molar-refractivity contribution in [3.8, 4) is 0 Å². The Labute approximate surface area is 86.8 Å². The summed E-state index contributed by atoms with van der Waals surface area (Å²) in [4.78, 5) is 11.5. The van der Waals surface area contributed by atoms with Crippen molar-refractivity contribution in [2.24, 2.45) is 16.2 Å². The van der Waals surface area contributed by atoms with Crippen LogP contribution < -0.4 is 0 Å². The van der Waals surface area contributed by atoms with Crippen molar-refractivity contribution in [2.75, 3.05) is 0 Å². The number of fused-ring (bicyclic) bond motifs is 1. The Bertz CT molecular complexity index is 287. The third kappa shape index (κ3) is 0.641. The van der Waals surface area contributed by atoms with Crippen molar-refractivity contribution in [1.29, 1.82) is 0 Å². The Balaban J connectivity index is 2.50. The van der Waals surface area contributed by atoms with Gasteiger partial charge >= 0.3 is 5.97 Å². The Kier molecular flexibility index (Phi) is 1.56. The van der Waals surface area contributed by atoms with Gasteiger partial charge in [0.2, 0.25) is 0 Å².